The monoisotopic (exact) mass is 345 g/mol. The smallest absolute Gasteiger partial charge is 0.238 e. The fraction of sp³-hybridized carbons (Fsp3) is 0.231. The lowest BCUT2D eigenvalue weighted by molar-refractivity contribution is -0.127. The number of nitrogens with one attached hydrogen (secondary N) is 1. The zero-order valence-electron chi connectivity index (χ0n) is 11.6. The minimum Gasteiger partial charge on any atom is -0.340 e. The van der Waals surface area contributed by atoms with Crippen LogP contribution >= 0.6 is 11.6 Å². The van der Waals surface area contributed by atoms with Crippen molar-refractivity contribution < 1.29 is 17.6 Å². The maximum Gasteiger partial charge on any atom is 0.238 e. The van der Waals surface area contributed by atoms with E-state index in [1.54, 1.807) is 0 Å². The molecule has 9 heteroatoms. The fourth-order valence-corrected chi connectivity index (χ4v) is 3.14. The average molecular weight is 346 g/mol. The Morgan fingerprint density at radius 1 is 1.45 bits per heavy atom. The summed E-state index contributed by atoms with van der Waals surface area (Å²) in [5, 5.41) is -0.105. The molecule has 0 aliphatic rings. The molecule has 0 aliphatic carbocycles. The molecule has 0 radical (unpaired) electrons. The third kappa shape index (κ3) is 3.63. The number of amides is 1. The van der Waals surface area contributed by atoms with Crippen LogP contribution in [-0.4, -0.2) is 42.0 Å². The summed E-state index contributed by atoms with van der Waals surface area (Å²) in [6.45, 7) is -0.127. The highest BCUT2D eigenvalue weighted by Gasteiger charge is 2.24. The summed E-state index contributed by atoms with van der Waals surface area (Å²) >= 11 is 5.88. The molecule has 0 unspecified atom stereocenters. The van der Waals surface area contributed by atoms with Crippen molar-refractivity contribution in [3.8, 4) is 0 Å². The molecule has 22 heavy (non-hydrogen) atoms. The molecule has 1 heterocycles. The Kier molecular flexibility index (Phi) is 4.82. The first-order valence-corrected chi connectivity index (χ1v) is 8.23. The number of halogens is 2. The van der Waals surface area contributed by atoms with Gasteiger partial charge in [-0.1, -0.05) is 17.7 Å². The van der Waals surface area contributed by atoms with Gasteiger partial charge in [0.25, 0.3) is 0 Å². The molecule has 1 amide bonds. The number of rotatable bonds is 5. The number of hydrogen-bond donors (Lipinski definition) is 1. The Balaban J connectivity index is 2.10. The first-order valence-electron chi connectivity index (χ1n) is 6.20. The molecule has 118 valence electrons. The highest BCUT2D eigenvalue weighted by Crippen LogP contribution is 2.20. The van der Waals surface area contributed by atoms with Crippen LogP contribution in [0.3, 0.4) is 0 Å². The summed E-state index contributed by atoms with van der Waals surface area (Å²) in [6.07, 6.45) is 2.63. The first-order chi connectivity index (χ1) is 10.3. The van der Waals surface area contributed by atoms with Gasteiger partial charge in [-0.3, -0.25) is 4.79 Å². The lowest BCUT2D eigenvalue weighted by atomic mass is 10.2. The fourth-order valence-electron chi connectivity index (χ4n) is 1.77. The van der Waals surface area contributed by atoms with Crippen molar-refractivity contribution in [2.45, 2.75) is 11.7 Å². The van der Waals surface area contributed by atoms with Crippen LogP contribution in [0, 0.1) is 5.82 Å². The molecule has 0 aliphatic heterocycles. The molecule has 0 saturated carbocycles. The van der Waals surface area contributed by atoms with Gasteiger partial charge in [-0.05, 0) is 12.1 Å². The van der Waals surface area contributed by atoms with Crippen LogP contribution in [0.4, 0.5) is 4.39 Å². The second kappa shape index (κ2) is 6.45. The van der Waals surface area contributed by atoms with Gasteiger partial charge in [-0.15, -0.1) is 0 Å². The van der Waals surface area contributed by atoms with Gasteiger partial charge in [0.1, 0.15) is 11.6 Å². The quantitative estimate of drug-likeness (QED) is 0.892. The molecular formula is C13H13ClFN3O3S. The predicted octanol–water partition coefficient (Wildman–Crippen LogP) is 1.63. The largest absolute Gasteiger partial charge is 0.340 e. The molecule has 0 spiro atoms. The standard InChI is InChI=1S/C13H13ClFN3O3S/c1-18(7-9-10(14)3-2-4-11(9)15)12(19)8-22(20,21)13-16-5-6-17-13/h2-6H,7-8H2,1H3,(H,16,17). The number of nitrogens with zero attached hydrogens (tertiary/aromatic N) is 2. The number of hydrogen-bond acceptors (Lipinski definition) is 4. The number of imidazole rings is 1. The van der Waals surface area contributed by atoms with Crippen molar-refractivity contribution in [3.05, 3.63) is 47.0 Å². The van der Waals surface area contributed by atoms with Crippen LogP contribution < -0.4 is 0 Å². The molecular weight excluding hydrogens is 333 g/mol. The first kappa shape index (κ1) is 16.4. The molecule has 2 rings (SSSR count). The van der Waals surface area contributed by atoms with E-state index in [1.807, 2.05) is 0 Å². The molecule has 0 fully saturated rings. The van der Waals surface area contributed by atoms with Gasteiger partial charge in [-0.25, -0.2) is 17.8 Å². The second-order valence-corrected chi connectivity index (χ2v) is 6.92. The Hall–Kier alpha value is -1.93. The third-order valence-corrected chi connectivity index (χ3v) is 4.76. The van der Waals surface area contributed by atoms with E-state index in [4.69, 9.17) is 11.6 Å². The zero-order valence-corrected chi connectivity index (χ0v) is 13.2. The normalized spacial score (nSPS) is 11.4. The summed E-state index contributed by atoms with van der Waals surface area (Å²) in [5.41, 5.74) is 0.135. The van der Waals surface area contributed by atoms with Crippen LogP contribution in [0.5, 0.6) is 0 Å². The Bertz CT molecular complexity index is 758. The lowest BCUT2D eigenvalue weighted by Gasteiger charge is -2.18. The van der Waals surface area contributed by atoms with Crippen LogP contribution in [0.1, 0.15) is 5.56 Å². The molecule has 0 saturated heterocycles. The SMILES string of the molecule is CN(Cc1c(F)cccc1Cl)C(=O)CS(=O)(=O)c1ncc[nH]1. The van der Waals surface area contributed by atoms with Crippen LogP contribution in [-0.2, 0) is 21.2 Å². The topological polar surface area (TPSA) is 83.1 Å². The van der Waals surface area contributed by atoms with Gasteiger partial charge in [-0.2, -0.15) is 0 Å². The highest BCUT2D eigenvalue weighted by atomic mass is 35.5. The van der Waals surface area contributed by atoms with Gasteiger partial charge in [0.2, 0.25) is 20.9 Å². The highest BCUT2D eigenvalue weighted by molar-refractivity contribution is 7.91. The predicted molar refractivity (Wildman–Crippen MR) is 78.5 cm³/mol. The summed E-state index contributed by atoms with van der Waals surface area (Å²) in [7, 11) is -2.48. The Morgan fingerprint density at radius 2 is 2.18 bits per heavy atom. The summed E-state index contributed by atoms with van der Waals surface area (Å²) in [4.78, 5) is 19.2. The van der Waals surface area contributed by atoms with E-state index in [1.165, 1.54) is 37.6 Å². The number of carbonyl (C=O) groups is 1. The van der Waals surface area contributed by atoms with Gasteiger partial charge < -0.3 is 9.88 Å². The minimum absolute atomic E-state index is 0.127. The maximum atomic E-state index is 13.7. The van der Waals surface area contributed by atoms with E-state index in [-0.39, 0.29) is 22.3 Å². The van der Waals surface area contributed by atoms with E-state index in [9.17, 15) is 17.6 Å². The van der Waals surface area contributed by atoms with Gasteiger partial charge >= 0.3 is 0 Å². The Labute approximate surface area is 131 Å². The number of carbonyl (C=O) groups excluding carboxylic acids is 1. The number of sulfone groups is 1. The van der Waals surface area contributed by atoms with Gasteiger partial charge in [0.15, 0.2) is 0 Å². The van der Waals surface area contributed by atoms with Crippen molar-refractivity contribution in [1.29, 1.82) is 0 Å². The molecule has 1 N–H and O–H groups in total. The van der Waals surface area contributed by atoms with E-state index in [2.05, 4.69) is 9.97 Å². The number of H-pyrrole nitrogens is 1. The van der Waals surface area contributed by atoms with E-state index >= 15 is 0 Å². The van der Waals surface area contributed by atoms with E-state index in [0.717, 1.165) is 4.90 Å². The van der Waals surface area contributed by atoms with Crippen LogP contribution in [0.2, 0.25) is 5.02 Å². The van der Waals surface area contributed by atoms with Gasteiger partial charge in [0.05, 0.1) is 0 Å². The van der Waals surface area contributed by atoms with Crippen molar-refractivity contribution in [2.75, 3.05) is 12.8 Å². The van der Waals surface area contributed by atoms with Gasteiger partial charge in [0, 0.05) is 36.6 Å². The second-order valence-electron chi connectivity index (χ2n) is 4.60. The number of benzene rings is 1. The molecule has 6 nitrogen and oxygen atoms in total. The van der Waals surface area contributed by atoms with Crippen LogP contribution in [0.15, 0.2) is 35.7 Å². The zero-order chi connectivity index (χ0) is 16.3. The summed E-state index contributed by atoms with van der Waals surface area (Å²) < 4.78 is 37.6. The van der Waals surface area contributed by atoms with Crippen molar-refractivity contribution in [2.24, 2.45) is 0 Å². The third-order valence-electron chi connectivity index (χ3n) is 2.96. The molecule has 2 aromatic rings. The number of aromatic amines is 1. The van der Waals surface area contributed by atoms with Crippen molar-refractivity contribution in [1.82, 2.24) is 14.9 Å². The molecule has 0 bridgehead atoms. The Morgan fingerprint density at radius 3 is 2.77 bits per heavy atom. The van der Waals surface area contributed by atoms with Crippen molar-refractivity contribution in [3.63, 3.8) is 0 Å². The lowest BCUT2D eigenvalue weighted by Crippen LogP contribution is -2.32. The summed E-state index contributed by atoms with van der Waals surface area (Å²) in [6, 6.07) is 4.17. The maximum absolute atomic E-state index is 13.7. The molecule has 1 aromatic heterocycles. The molecule has 0 atom stereocenters. The average Bonchev–Trinajstić information content (AvgIpc) is 2.97. The van der Waals surface area contributed by atoms with E-state index < -0.39 is 27.3 Å². The minimum atomic E-state index is -3.86. The van der Waals surface area contributed by atoms with Crippen molar-refractivity contribution >= 4 is 27.3 Å². The van der Waals surface area contributed by atoms with Crippen LogP contribution in [0.25, 0.3) is 0 Å². The van der Waals surface area contributed by atoms with E-state index in [0.29, 0.717) is 0 Å². The summed E-state index contributed by atoms with van der Waals surface area (Å²) in [5.74, 6) is -2.00. The number of aromatic nitrogens is 2. The molecule has 1 aromatic carbocycles.